The molecule has 1 saturated heterocycles. The van der Waals surface area contributed by atoms with Crippen molar-refractivity contribution in [2.75, 3.05) is 13.1 Å². The molecule has 1 aromatic carbocycles. The number of aromatic amines is 1. The fourth-order valence-electron chi connectivity index (χ4n) is 4.10. The third-order valence-corrected chi connectivity index (χ3v) is 6.56. The predicted octanol–water partition coefficient (Wildman–Crippen LogP) is 5.73. The molecule has 1 fully saturated rings. The molecular weight excluding hydrogens is 437 g/mol. The van der Waals surface area contributed by atoms with Crippen LogP contribution in [0, 0.1) is 0 Å². The van der Waals surface area contributed by atoms with Crippen LogP contribution in [0.25, 0.3) is 21.6 Å². The van der Waals surface area contributed by atoms with E-state index in [1.807, 2.05) is 35.7 Å². The van der Waals surface area contributed by atoms with Gasteiger partial charge in [0.25, 0.3) is 5.91 Å². The van der Waals surface area contributed by atoms with Crippen LogP contribution in [0.2, 0.25) is 0 Å². The number of carbonyl (C=O) groups is 1. The van der Waals surface area contributed by atoms with E-state index in [2.05, 4.69) is 9.97 Å². The van der Waals surface area contributed by atoms with Crippen molar-refractivity contribution in [3.63, 3.8) is 0 Å². The second kappa shape index (κ2) is 8.05. The number of amides is 1. The summed E-state index contributed by atoms with van der Waals surface area (Å²) in [6.07, 6.45) is -2.79. The van der Waals surface area contributed by atoms with Crippen molar-refractivity contribution in [3.8, 4) is 10.6 Å². The second-order valence-electron chi connectivity index (χ2n) is 7.83. The van der Waals surface area contributed by atoms with Crippen molar-refractivity contribution < 1.29 is 18.0 Å². The number of rotatable bonds is 3. The Hall–Kier alpha value is -3.20. The summed E-state index contributed by atoms with van der Waals surface area (Å²) in [5.41, 5.74) is 2.59. The molecule has 0 spiro atoms. The van der Waals surface area contributed by atoms with Crippen LogP contribution in [-0.2, 0) is 6.18 Å². The summed E-state index contributed by atoms with van der Waals surface area (Å²) >= 11 is 1.63. The van der Waals surface area contributed by atoms with Gasteiger partial charge in [-0.15, -0.1) is 11.3 Å². The molecule has 0 saturated carbocycles. The number of imidazole rings is 1. The minimum Gasteiger partial charge on any atom is -0.338 e. The van der Waals surface area contributed by atoms with Gasteiger partial charge >= 0.3 is 6.18 Å². The highest BCUT2D eigenvalue weighted by Crippen LogP contribution is 2.31. The Bertz CT molecular complexity index is 1270. The zero-order chi connectivity index (χ0) is 22.3. The minimum absolute atomic E-state index is 0.111. The zero-order valence-electron chi connectivity index (χ0n) is 16.9. The molecule has 4 heterocycles. The number of benzene rings is 1. The molecule has 9 heteroatoms. The maximum absolute atomic E-state index is 13.1. The van der Waals surface area contributed by atoms with Crippen LogP contribution in [0.15, 0.2) is 53.9 Å². The average molecular weight is 456 g/mol. The number of H-pyrrole nitrogens is 1. The van der Waals surface area contributed by atoms with Gasteiger partial charge in [-0.05, 0) is 54.6 Å². The second-order valence-corrected chi connectivity index (χ2v) is 8.78. The van der Waals surface area contributed by atoms with E-state index in [4.69, 9.17) is 4.98 Å². The number of thiophene rings is 1. The minimum atomic E-state index is -4.56. The van der Waals surface area contributed by atoms with E-state index in [0.29, 0.717) is 18.7 Å². The molecule has 5 rings (SSSR count). The van der Waals surface area contributed by atoms with Crippen LogP contribution < -0.4 is 0 Å². The lowest BCUT2D eigenvalue weighted by Crippen LogP contribution is -2.39. The molecule has 1 aliphatic heterocycles. The number of piperidine rings is 1. The lowest BCUT2D eigenvalue weighted by atomic mass is 9.93. The van der Waals surface area contributed by atoms with Crippen molar-refractivity contribution in [1.82, 2.24) is 19.9 Å². The number of nitrogens with zero attached hydrogens (tertiary/aromatic N) is 3. The highest BCUT2D eigenvalue weighted by Gasteiger charge is 2.35. The molecule has 0 aliphatic carbocycles. The van der Waals surface area contributed by atoms with Crippen molar-refractivity contribution in [2.24, 2.45) is 0 Å². The van der Waals surface area contributed by atoms with E-state index in [0.717, 1.165) is 29.1 Å². The van der Waals surface area contributed by atoms with Gasteiger partial charge in [0.2, 0.25) is 5.82 Å². The topological polar surface area (TPSA) is 61.9 Å². The quantitative estimate of drug-likeness (QED) is 0.429. The molecule has 0 radical (unpaired) electrons. The van der Waals surface area contributed by atoms with Gasteiger partial charge in [0.15, 0.2) is 0 Å². The number of likely N-dealkylation sites (tertiary alicyclic amines) is 1. The summed E-state index contributed by atoms with van der Waals surface area (Å²) in [5, 5.41) is 2.01. The standard InChI is InChI=1S/C23H19F3N4OS/c24-23(25,26)22-28-17-9-8-14(12-19(17)29-22)21(31)30-10-2-4-15(13-30)16-5-1-6-18(27-16)20-7-3-11-32-20/h1,3,5-9,11-12,15H,2,4,10,13H2,(H,28,29). The molecule has 5 nitrogen and oxygen atoms in total. The van der Waals surface area contributed by atoms with Gasteiger partial charge in [0.1, 0.15) is 0 Å². The number of pyridine rings is 1. The molecule has 0 bridgehead atoms. The van der Waals surface area contributed by atoms with Gasteiger partial charge in [-0.2, -0.15) is 13.2 Å². The zero-order valence-corrected chi connectivity index (χ0v) is 17.7. The summed E-state index contributed by atoms with van der Waals surface area (Å²) in [6, 6.07) is 14.4. The number of hydrogen-bond donors (Lipinski definition) is 1. The number of nitrogens with one attached hydrogen (secondary N) is 1. The Labute approximate surface area is 185 Å². The molecule has 1 amide bonds. The van der Waals surface area contributed by atoms with E-state index in [1.54, 1.807) is 16.2 Å². The number of hydrogen-bond acceptors (Lipinski definition) is 4. The SMILES string of the molecule is O=C(c1ccc2nc(C(F)(F)F)[nH]c2c1)N1CCCC(c2cccc(-c3cccs3)n2)C1. The van der Waals surface area contributed by atoms with Gasteiger partial charge in [0, 0.05) is 30.3 Å². The lowest BCUT2D eigenvalue weighted by Gasteiger charge is -2.32. The summed E-state index contributed by atoms with van der Waals surface area (Å²) in [7, 11) is 0. The Balaban J connectivity index is 1.36. The molecule has 4 aromatic rings. The molecule has 32 heavy (non-hydrogen) atoms. The third-order valence-electron chi connectivity index (χ3n) is 5.67. The van der Waals surface area contributed by atoms with Crippen molar-refractivity contribution >= 4 is 28.3 Å². The maximum Gasteiger partial charge on any atom is 0.449 e. The van der Waals surface area contributed by atoms with E-state index in [9.17, 15) is 18.0 Å². The first kappa shape index (κ1) is 20.7. The van der Waals surface area contributed by atoms with Crippen LogP contribution in [0.4, 0.5) is 13.2 Å². The first-order valence-electron chi connectivity index (χ1n) is 10.3. The number of alkyl halides is 3. The van der Waals surface area contributed by atoms with Crippen molar-refractivity contribution in [2.45, 2.75) is 24.9 Å². The molecular formula is C23H19F3N4OS. The van der Waals surface area contributed by atoms with Crippen molar-refractivity contribution in [1.29, 1.82) is 0 Å². The van der Waals surface area contributed by atoms with E-state index >= 15 is 0 Å². The summed E-state index contributed by atoms with van der Waals surface area (Å²) < 4.78 is 38.8. The highest BCUT2D eigenvalue weighted by molar-refractivity contribution is 7.13. The van der Waals surface area contributed by atoms with Gasteiger partial charge in [-0.3, -0.25) is 9.78 Å². The molecule has 1 N–H and O–H groups in total. The Morgan fingerprint density at radius 2 is 2.00 bits per heavy atom. The number of carbonyl (C=O) groups excluding carboxylic acids is 1. The summed E-state index contributed by atoms with van der Waals surface area (Å²) in [5.74, 6) is -1.15. The Morgan fingerprint density at radius 3 is 2.78 bits per heavy atom. The fraction of sp³-hybridized carbons (Fsp3) is 0.261. The first-order valence-corrected chi connectivity index (χ1v) is 11.1. The molecule has 1 unspecified atom stereocenters. The average Bonchev–Trinajstić information content (AvgIpc) is 3.48. The fourth-order valence-corrected chi connectivity index (χ4v) is 4.80. The van der Waals surface area contributed by atoms with Crippen LogP contribution in [0.1, 0.15) is 40.6 Å². The molecule has 3 aromatic heterocycles. The maximum atomic E-state index is 13.1. The van der Waals surface area contributed by atoms with Crippen LogP contribution in [-0.4, -0.2) is 38.8 Å². The number of halogens is 3. The van der Waals surface area contributed by atoms with Gasteiger partial charge in [-0.1, -0.05) is 12.1 Å². The predicted molar refractivity (Wildman–Crippen MR) is 117 cm³/mol. The smallest absolute Gasteiger partial charge is 0.338 e. The van der Waals surface area contributed by atoms with Crippen molar-refractivity contribution in [3.05, 3.63) is 71.0 Å². The van der Waals surface area contributed by atoms with Gasteiger partial charge in [-0.25, -0.2) is 4.98 Å². The highest BCUT2D eigenvalue weighted by atomic mass is 32.1. The summed E-state index contributed by atoms with van der Waals surface area (Å²) in [4.78, 5) is 26.6. The van der Waals surface area contributed by atoms with E-state index < -0.39 is 12.0 Å². The lowest BCUT2D eigenvalue weighted by molar-refractivity contribution is -0.144. The van der Waals surface area contributed by atoms with Gasteiger partial charge < -0.3 is 9.88 Å². The van der Waals surface area contributed by atoms with Crippen LogP contribution in [0.5, 0.6) is 0 Å². The summed E-state index contributed by atoms with van der Waals surface area (Å²) in [6.45, 7) is 1.13. The van der Waals surface area contributed by atoms with Gasteiger partial charge in [0.05, 0.1) is 21.6 Å². The first-order chi connectivity index (χ1) is 15.4. The normalized spacial score (nSPS) is 17.1. The largest absolute Gasteiger partial charge is 0.449 e. The molecule has 164 valence electrons. The molecule has 1 atom stereocenters. The monoisotopic (exact) mass is 456 g/mol. The van der Waals surface area contributed by atoms with E-state index in [1.165, 1.54) is 18.2 Å². The third kappa shape index (κ3) is 4.00. The van der Waals surface area contributed by atoms with Crippen LogP contribution >= 0.6 is 11.3 Å². The Kier molecular flexibility index (Phi) is 5.21. The number of aromatic nitrogens is 3. The molecule has 1 aliphatic rings. The Morgan fingerprint density at radius 1 is 1.12 bits per heavy atom. The number of fused-ring (bicyclic) bond motifs is 1. The van der Waals surface area contributed by atoms with Crippen LogP contribution in [0.3, 0.4) is 0 Å². The van der Waals surface area contributed by atoms with E-state index in [-0.39, 0.29) is 22.9 Å².